The van der Waals surface area contributed by atoms with E-state index < -0.39 is 11.5 Å². The van der Waals surface area contributed by atoms with E-state index in [2.05, 4.69) is 25.9 Å². The van der Waals surface area contributed by atoms with E-state index in [1.807, 2.05) is 30.3 Å². The number of hydrogen-bond donors (Lipinski definition) is 0. The first-order valence-electron chi connectivity index (χ1n) is 9.38. The summed E-state index contributed by atoms with van der Waals surface area (Å²) in [6, 6.07) is 18.1. The van der Waals surface area contributed by atoms with Gasteiger partial charge in [-0.1, -0.05) is 51.5 Å². The van der Waals surface area contributed by atoms with Crippen LogP contribution in [0, 0.1) is 0 Å². The lowest BCUT2D eigenvalue weighted by molar-refractivity contribution is 0.0981. The Bertz CT molecular complexity index is 1480. The fourth-order valence-electron chi connectivity index (χ4n) is 3.26. The minimum atomic E-state index is -0.677. The molecule has 0 saturated carbocycles. The minimum absolute atomic E-state index is 0.0389. The highest BCUT2D eigenvalue weighted by molar-refractivity contribution is 9.10. The normalized spacial score (nSPS) is 11.1. The molecule has 0 aliphatic rings. The number of carbonyl (C=O) groups is 1. The molecule has 2 aromatic carbocycles. The van der Waals surface area contributed by atoms with Crippen LogP contribution in [0.4, 0.5) is 5.13 Å². The topological polar surface area (TPSA) is 76.3 Å². The van der Waals surface area contributed by atoms with Gasteiger partial charge in [0, 0.05) is 22.3 Å². The fourth-order valence-corrected chi connectivity index (χ4v) is 4.77. The van der Waals surface area contributed by atoms with E-state index >= 15 is 0 Å². The van der Waals surface area contributed by atoms with Crippen molar-refractivity contribution in [3.05, 3.63) is 99.1 Å². The largest absolute Gasteiger partial charge is 0.422 e. The average Bonchev–Trinajstić information content (AvgIpc) is 3.20. The highest BCUT2D eigenvalue weighted by Gasteiger charge is 2.25. The zero-order chi connectivity index (χ0) is 21.4. The lowest BCUT2D eigenvalue weighted by Crippen LogP contribution is -2.33. The van der Waals surface area contributed by atoms with Crippen LogP contribution < -0.4 is 10.5 Å². The number of rotatable bonds is 4. The molecule has 8 heteroatoms. The second kappa shape index (κ2) is 8.05. The molecule has 3 heterocycles. The molecule has 152 valence electrons. The first kappa shape index (κ1) is 19.6. The van der Waals surface area contributed by atoms with Crippen molar-refractivity contribution in [1.29, 1.82) is 0 Å². The number of anilines is 1. The van der Waals surface area contributed by atoms with Crippen LogP contribution in [0.15, 0.2) is 86.7 Å². The zero-order valence-corrected chi connectivity index (χ0v) is 18.4. The first-order valence-corrected chi connectivity index (χ1v) is 11.0. The predicted molar refractivity (Wildman–Crippen MR) is 125 cm³/mol. The summed E-state index contributed by atoms with van der Waals surface area (Å²) in [6.45, 7) is 0.222. The van der Waals surface area contributed by atoms with Gasteiger partial charge in [0.1, 0.15) is 11.1 Å². The molecule has 5 aromatic rings. The maximum Gasteiger partial charge on any atom is 0.349 e. The molecular weight excluding hydrogens is 478 g/mol. The summed E-state index contributed by atoms with van der Waals surface area (Å²) in [6.07, 6.45) is 3.36. The van der Waals surface area contributed by atoms with Crippen LogP contribution in [0.1, 0.15) is 15.9 Å². The number of fused-ring (bicyclic) bond motifs is 2. The zero-order valence-electron chi connectivity index (χ0n) is 16.0. The lowest BCUT2D eigenvalue weighted by Gasteiger charge is -2.19. The number of aromatic nitrogens is 2. The van der Waals surface area contributed by atoms with Crippen LogP contribution in [0.5, 0.6) is 0 Å². The van der Waals surface area contributed by atoms with Crippen LogP contribution in [0.3, 0.4) is 0 Å². The van der Waals surface area contributed by atoms with Crippen molar-refractivity contribution >= 4 is 59.5 Å². The molecule has 1 amide bonds. The number of para-hydroxylation sites is 1. The van der Waals surface area contributed by atoms with E-state index in [1.54, 1.807) is 42.7 Å². The maximum absolute atomic E-state index is 13.6. The van der Waals surface area contributed by atoms with Crippen LogP contribution >= 0.6 is 27.3 Å². The second-order valence-electron chi connectivity index (χ2n) is 6.85. The molecule has 6 nitrogen and oxygen atoms in total. The van der Waals surface area contributed by atoms with Gasteiger partial charge in [-0.05, 0) is 42.0 Å². The number of thiazole rings is 1. The maximum atomic E-state index is 13.6. The molecule has 0 atom stereocenters. The van der Waals surface area contributed by atoms with E-state index in [-0.39, 0.29) is 12.1 Å². The van der Waals surface area contributed by atoms with E-state index in [9.17, 15) is 9.59 Å². The van der Waals surface area contributed by atoms with Gasteiger partial charge >= 0.3 is 5.63 Å². The minimum Gasteiger partial charge on any atom is -0.422 e. The molecular formula is C23H14BrN3O3S. The van der Waals surface area contributed by atoms with Crippen molar-refractivity contribution in [2.45, 2.75) is 6.54 Å². The number of halogens is 1. The lowest BCUT2D eigenvalue weighted by atomic mass is 10.1. The molecule has 0 spiro atoms. The highest BCUT2D eigenvalue weighted by atomic mass is 79.9. The molecule has 0 fully saturated rings. The van der Waals surface area contributed by atoms with Crippen molar-refractivity contribution in [2.75, 3.05) is 4.90 Å². The summed E-state index contributed by atoms with van der Waals surface area (Å²) in [4.78, 5) is 36.5. The van der Waals surface area contributed by atoms with Crippen molar-refractivity contribution in [2.24, 2.45) is 0 Å². The Labute approximate surface area is 188 Å². The molecule has 0 radical (unpaired) electrons. The van der Waals surface area contributed by atoms with Crippen LogP contribution in [-0.2, 0) is 6.54 Å². The summed E-state index contributed by atoms with van der Waals surface area (Å²) >= 11 is 4.85. The van der Waals surface area contributed by atoms with Crippen LogP contribution in [-0.4, -0.2) is 15.9 Å². The first-order chi connectivity index (χ1) is 15.1. The summed E-state index contributed by atoms with van der Waals surface area (Å²) in [5, 5.41) is 1.18. The third-order valence-corrected chi connectivity index (χ3v) is 6.28. The number of amides is 1. The Balaban J connectivity index is 1.63. The Morgan fingerprint density at radius 2 is 1.97 bits per heavy atom. The summed E-state index contributed by atoms with van der Waals surface area (Å²) in [5.41, 5.74) is 1.32. The fraction of sp³-hybridized carbons (Fsp3) is 0.0435. The standard InChI is InChI=1S/C23H14BrN3O3S/c24-16-7-8-18-20(11-16)31-23(26-18)27(13-14-4-3-9-25-12-14)21(28)17-10-15-5-1-2-6-19(15)30-22(17)29/h1-12H,13H2. The molecule has 0 aliphatic heterocycles. The molecule has 0 bridgehead atoms. The molecule has 0 N–H and O–H groups in total. The van der Waals surface area contributed by atoms with Gasteiger partial charge in [-0.3, -0.25) is 14.7 Å². The van der Waals surface area contributed by atoms with Crippen LogP contribution in [0.2, 0.25) is 0 Å². The Hall–Kier alpha value is -3.36. The number of carbonyl (C=O) groups excluding carboxylic acids is 1. The van der Waals surface area contributed by atoms with Crippen LogP contribution in [0.25, 0.3) is 21.2 Å². The summed E-state index contributed by atoms with van der Waals surface area (Å²) in [7, 11) is 0. The summed E-state index contributed by atoms with van der Waals surface area (Å²) < 4.78 is 7.24. The number of pyridine rings is 1. The Morgan fingerprint density at radius 1 is 1.10 bits per heavy atom. The Morgan fingerprint density at radius 3 is 2.81 bits per heavy atom. The van der Waals surface area contributed by atoms with Crippen molar-refractivity contribution in [3.63, 3.8) is 0 Å². The van der Waals surface area contributed by atoms with E-state index in [0.717, 1.165) is 20.3 Å². The molecule has 0 unspecified atom stereocenters. The number of benzene rings is 2. The Kier molecular flexibility index (Phi) is 5.09. The molecule has 0 saturated heterocycles. The predicted octanol–water partition coefficient (Wildman–Crippen LogP) is 5.41. The van der Waals surface area contributed by atoms with E-state index in [4.69, 9.17) is 4.42 Å². The van der Waals surface area contributed by atoms with Gasteiger partial charge in [0.2, 0.25) is 0 Å². The van der Waals surface area contributed by atoms with Gasteiger partial charge in [-0.15, -0.1) is 0 Å². The highest BCUT2D eigenvalue weighted by Crippen LogP contribution is 2.32. The quantitative estimate of drug-likeness (QED) is 0.314. The van der Waals surface area contributed by atoms with Crippen molar-refractivity contribution < 1.29 is 9.21 Å². The molecule has 31 heavy (non-hydrogen) atoms. The van der Waals surface area contributed by atoms with Gasteiger partial charge < -0.3 is 4.42 Å². The SMILES string of the molecule is O=C(c1cc2ccccc2oc1=O)N(Cc1cccnc1)c1nc2ccc(Br)cc2s1. The average molecular weight is 492 g/mol. The monoisotopic (exact) mass is 491 g/mol. The summed E-state index contributed by atoms with van der Waals surface area (Å²) in [5.74, 6) is -0.471. The number of hydrogen-bond acceptors (Lipinski definition) is 6. The van der Waals surface area contributed by atoms with Crippen molar-refractivity contribution in [3.8, 4) is 0 Å². The third-order valence-electron chi connectivity index (χ3n) is 4.75. The molecule has 3 aromatic heterocycles. The van der Waals surface area contributed by atoms with Gasteiger partial charge in [0.25, 0.3) is 5.91 Å². The van der Waals surface area contributed by atoms with Crippen molar-refractivity contribution in [1.82, 2.24) is 9.97 Å². The van der Waals surface area contributed by atoms with Gasteiger partial charge in [-0.25, -0.2) is 9.78 Å². The van der Waals surface area contributed by atoms with Gasteiger partial charge in [-0.2, -0.15) is 0 Å². The third kappa shape index (κ3) is 3.87. The van der Waals surface area contributed by atoms with E-state index in [1.165, 1.54) is 16.2 Å². The van der Waals surface area contributed by atoms with Gasteiger partial charge in [0.15, 0.2) is 5.13 Å². The molecule has 5 rings (SSSR count). The number of nitrogens with zero attached hydrogens (tertiary/aromatic N) is 3. The van der Waals surface area contributed by atoms with Gasteiger partial charge in [0.05, 0.1) is 16.8 Å². The molecule has 0 aliphatic carbocycles. The van der Waals surface area contributed by atoms with E-state index in [0.29, 0.717) is 16.1 Å². The smallest absolute Gasteiger partial charge is 0.349 e. The second-order valence-corrected chi connectivity index (χ2v) is 8.77.